The van der Waals surface area contributed by atoms with Gasteiger partial charge in [0.1, 0.15) is 0 Å². The van der Waals surface area contributed by atoms with Crippen molar-refractivity contribution in [1.29, 1.82) is 0 Å². The van der Waals surface area contributed by atoms with Crippen LogP contribution in [0.5, 0.6) is 0 Å². The third-order valence-electron chi connectivity index (χ3n) is 4.07. The average Bonchev–Trinajstić information content (AvgIpc) is 2.93. The molecule has 1 rings (SSSR count). The van der Waals surface area contributed by atoms with Gasteiger partial charge >= 0.3 is 12.0 Å². The number of aliphatic carboxylic acids is 1. The van der Waals surface area contributed by atoms with E-state index in [1.54, 1.807) is 0 Å². The van der Waals surface area contributed by atoms with Crippen molar-refractivity contribution in [1.82, 2.24) is 10.2 Å². The lowest BCUT2D eigenvalue weighted by molar-refractivity contribution is -0.141. The van der Waals surface area contributed by atoms with Crippen molar-refractivity contribution in [2.75, 3.05) is 13.1 Å². The molecule has 0 aromatic rings. The van der Waals surface area contributed by atoms with E-state index in [4.69, 9.17) is 5.11 Å². The Labute approximate surface area is 128 Å². The monoisotopic (exact) mass is 298 g/mol. The number of carboxylic acids is 1. The maximum atomic E-state index is 12.4. The molecule has 0 aromatic heterocycles. The summed E-state index contributed by atoms with van der Waals surface area (Å²) >= 11 is 0. The molecule has 122 valence electrons. The largest absolute Gasteiger partial charge is 0.481 e. The number of nitrogens with one attached hydrogen (secondary N) is 1. The Kier molecular flexibility index (Phi) is 7.54. The van der Waals surface area contributed by atoms with Crippen LogP contribution in [0.2, 0.25) is 0 Å². The number of amides is 2. The molecule has 1 saturated carbocycles. The molecule has 1 unspecified atom stereocenters. The zero-order valence-corrected chi connectivity index (χ0v) is 13.6. The number of carbonyl (C=O) groups is 2. The first-order valence-corrected chi connectivity index (χ1v) is 8.23. The molecule has 5 heteroatoms. The average molecular weight is 298 g/mol. The molecule has 0 bridgehead atoms. The van der Waals surface area contributed by atoms with Gasteiger partial charge in [-0.15, -0.1) is 0 Å². The predicted molar refractivity (Wildman–Crippen MR) is 83.2 cm³/mol. The Hall–Kier alpha value is -1.26. The Morgan fingerprint density at radius 3 is 2.38 bits per heavy atom. The highest BCUT2D eigenvalue weighted by atomic mass is 16.4. The molecule has 0 saturated heterocycles. The van der Waals surface area contributed by atoms with Gasteiger partial charge < -0.3 is 15.3 Å². The molecule has 1 aliphatic rings. The SMILES string of the molecule is CCCC(CNC(=O)N(CC(C)C)C1CCCC1)C(=O)O. The zero-order valence-electron chi connectivity index (χ0n) is 13.6. The number of nitrogens with zero attached hydrogens (tertiary/aromatic N) is 1. The molecule has 0 heterocycles. The summed E-state index contributed by atoms with van der Waals surface area (Å²) in [6.45, 7) is 7.13. The highest BCUT2D eigenvalue weighted by molar-refractivity contribution is 5.76. The number of carboxylic acid groups (broad SMARTS) is 1. The highest BCUT2D eigenvalue weighted by Gasteiger charge is 2.28. The van der Waals surface area contributed by atoms with Gasteiger partial charge in [-0.25, -0.2) is 4.79 Å². The van der Waals surface area contributed by atoms with Crippen LogP contribution in [0.4, 0.5) is 4.79 Å². The minimum atomic E-state index is -0.826. The van der Waals surface area contributed by atoms with Crippen LogP contribution in [0.25, 0.3) is 0 Å². The van der Waals surface area contributed by atoms with Crippen LogP contribution in [0.3, 0.4) is 0 Å². The number of hydrogen-bond donors (Lipinski definition) is 2. The third-order valence-corrected chi connectivity index (χ3v) is 4.07. The van der Waals surface area contributed by atoms with Crippen LogP contribution >= 0.6 is 0 Å². The van der Waals surface area contributed by atoms with E-state index < -0.39 is 11.9 Å². The van der Waals surface area contributed by atoms with Gasteiger partial charge in [0.15, 0.2) is 0 Å². The topological polar surface area (TPSA) is 69.6 Å². The van der Waals surface area contributed by atoms with Crippen LogP contribution < -0.4 is 5.32 Å². The van der Waals surface area contributed by atoms with Crippen LogP contribution in [-0.2, 0) is 4.79 Å². The maximum absolute atomic E-state index is 12.4. The molecule has 1 atom stereocenters. The predicted octanol–water partition coefficient (Wildman–Crippen LogP) is 3.10. The molecule has 2 N–H and O–H groups in total. The van der Waals surface area contributed by atoms with E-state index in [-0.39, 0.29) is 12.6 Å². The van der Waals surface area contributed by atoms with E-state index in [9.17, 15) is 9.59 Å². The minimum Gasteiger partial charge on any atom is -0.481 e. The number of hydrogen-bond acceptors (Lipinski definition) is 2. The summed E-state index contributed by atoms with van der Waals surface area (Å²) in [5.74, 6) is -0.890. The number of urea groups is 1. The van der Waals surface area contributed by atoms with Gasteiger partial charge in [0, 0.05) is 19.1 Å². The van der Waals surface area contributed by atoms with E-state index in [1.165, 1.54) is 12.8 Å². The lowest BCUT2D eigenvalue weighted by Gasteiger charge is -2.31. The summed E-state index contributed by atoms with van der Waals surface area (Å²) in [6, 6.07) is 0.222. The Morgan fingerprint density at radius 2 is 1.90 bits per heavy atom. The van der Waals surface area contributed by atoms with Gasteiger partial charge in [-0.2, -0.15) is 0 Å². The van der Waals surface area contributed by atoms with Gasteiger partial charge in [0.2, 0.25) is 0 Å². The lowest BCUT2D eigenvalue weighted by Crippen LogP contribution is -2.48. The number of carbonyl (C=O) groups excluding carboxylic acids is 1. The molecule has 1 fully saturated rings. The summed E-state index contributed by atoms with van der Waals surface area (Å²) in [5.41, 5.74) is 0. The first-order chi connectivity index (χ1) is 9.95. The summed E-state index contributed by atoms with van der Waals surface area (Å²) in [5, 5.41) is 12.0. The van der Waals surface area contributed by atoms with Gasteiger partial charge in [-0.05, 0) is 25.2 Å². The third kappa shape index (κ3) is 5.94. The molecule has 2 amide bonds. The van der Waals surface area contributed by atoms with E-state index >= 15 is 0 Å². The van der Waals surface area contributed by atoms with E-state index in [0.717, 1.165) is 25.8 Å². The second kappa shape index (κ2) is 8.90. The van der Waals surface area contributed by atoms with Gasteiger partial charge in [-0.3, -0.25) is 4.79 Å². The maximum Gasteiger partial charge on any atom is 0.317 e. The van der Waals surface area contributed by atoms with Crippen molar-refractivity contribution in [2.45, 2.75) is 65.3 Å². The highest BCUT2D eigenvalue weighted by Crippen LogP contribution is 2.24. The fourth-order valence-electron chi connectivity index (χ4n) is 2.98. The van der Waals surface area contributed by atoms with Crippen molar-refractivity contribution >= 4 is 12.0 Å². The van der Waals surface area contributed by atoms with Gasteiger partial charge in [0.05, 0.1) is 5.92 Å². The second-order valence-electron chi connectivity index (χ2n) is 6.49. The first kappa shape index (κ1) is 17.8. The molecule has 5 nitrogen and oxygen atoms in total. The van der Waals surface area contributed by atoms with E-state index in [2.05, 4.69) is 19.2 Å². The zero-order chi connectivity index (χ0) is 15.8. The minimum absolute atomic E-state index is 0.0991. The smallest absolute Gasteiger partial charge is 0.317 e. The fourth-order valence-corrected chi connectivity index (χ4v) is 2.98. The fraction of sp³-hybridized carbons (Fsp3) is 0.875. The van der Waals surface area contributed by atoms with E-state index in [1.807, 2.05) is 11.8 Å². The van der Waals surface area contributed by atoms with E-state index in [0.29, 0.717) is 18.4 Å². The van der Waals surface area contributed by atoms with Gasteiger partial charge in [-0.1, -0.05) is 40.0 Å². The normalized spacial score (nSPS) is 17.0. The van der Waals surface area contributed by atoms with Gasteiger partial charge in [0.25, 0.3) is 0 Å². The number of rotatable bonds is 8. The first-order valence-electron chi connectivity index (χ1n) is 8.23. The van der Waals surface area contributed by atoms with Crippen LogP contribution in [0.1, 0.15) is 59.3 Å². The molecule has 1 aliphatic carbocycles. The van der Waals surface area contributed by atoms with Crippen LogP contribution in [0.15, 0.2) is 0 Å². The molecule has 0 spiro atoms. The lowest BCUT2D eigenvalue weighted by atomic mass is 10.0. The molecule has 21 heavy (non-hydrogen) atoms. The summed E-state index contributed by atoms with van der Waals surface area (Å²) in [6.07, 6.45) is 5.91. The molecule has 0 aromatic carbocycles. The van der Waals surface area contributed by atoms with Crippen LogP contribution in [0, 0.1) is 11.8 Å². The van der Waals surface area contributed by atoms with Crippen molar-refractivity contribution < 1.29 is 14.7 Å². The Balaban J connectivity index is 2.56. The standard InChI is InChI=1S/C16H30N2O3/c1-4-7-13(15(19)20)10-17-16(21)18(11-12(2)3)14-8-5-6-9-14/h12-14H,4-11H2,1-3H3,(H,17,21)(H,19,20). The Bertz CT molecular complexity index is 338. The molecule has 0 radical (unpaired) electrons. The molecule has 0 aliphatic heterocycles. The van der Waals surface area contributed by atoms with Crippen molar-refractivity contribution in [3.8, 4) is 0 Å². The summed E-state index contributed by atoms with van der Waals surface area (Å²) in [4.78, 5) is 25.5. The van der Waals surface area contributed by atoms with Crippen LogP contribution in [-0.4, -0.2) is 41.1 Å². The van der Waals surface area contributed by atoms with Crippen molar-refractivity contribution in [2.24, 2.45) is 11.8 Å². The summed E-state index contributed by atoms with van der Waals surface area (Å²) < 4.78 is 0. The summed E-state index contributed by atoms with van der Waals surface area (Å²) in [7, 11) is 0. The molecular weight excluding hydrogens is 268 g/mol. The molecular formula is C16H30N2O3. The Morgan fingerprint density at radius 1 is 1.29 bits per heavy atom. The van der Waals surface area contributed by atoms with Crippen molar-refractivity contribution in [3.05, 3.63) is 0 Å². The van der Waals surface area contributed by atoms with Crippen molar-refractivity contribution in [3.63, 3.8) is 0 Å². The quantitative estimate of drug-likeness (QED) is 0.723. The second-order valence-corrected chi connectivity index (χ2v) is 6.49.